The van der Waals surface area contributed by atoms with Gasteiger partial charge < -0.3 is 29.3 Å². The van der Waals surface area contributed by atoms with Crippen molar-refractivity contribution in [3.8, 4) is 17.2 Å². The van der Waals surface area contributed by atoms with Crippen LogP contribution in [0.4, 0.5) is 11.4 Å². The van der Waals surface area contributed by atoms with Crippen LogP contribution in [0.3, 0.4) is 0 Å². The van der Waals surface area contributed by atoms with Gasteiger partial charge in [-0.2, -0.15) is 0 Å². The van der Waals surface area contributed by atoms with Crippen LogP contribution in [0.2, 0.25) is 0 Å². The summed E-state index contributed by atoms with van der Waals surface area (Å²) in [5, 5.41) is 5.56. The van der Waals surface area contributed by atoms with Gasteiger partial charge in [-0.15, -0.1) is 0 Å². The number of nitrogens with one attached hydrogen (secondary N) is 2. The summed E-state index contributed by atoms with van der Waals surface area (Å²) in [6.07, 6.45) is 0.149. The molecule has 0 aliphatic heterocycles. The Balaban J connectivity index is 1.62. The van der Waals surface area contributed by atoms with Crippen molar-refractivity contribution in [1.29, 1.82) is 0 Å². The van der Waals surface area contributed by atoms with E-state index in [0.717, 1.165) is 5.56 Å². The van der Waals surface area contributed by atoms with Crippen LogP contribution in [0.1, 0.15) is 16.1 Å². The quantitative estimate of drug-likeness (QED) is 0.484. The predicted molar refractivity (Wildman–Crippen MR) is 119 cm³/mol. The first-order valence-corrected chi connectivity index (χ1v) is 9.98. The molecule has 0 saturated carbocycles. The molecule has 1 aromatic heterocycles. The average molecular weight is 489 g/mol. The lowest BCUT2D eigenvalue weighted by molar-refractivity contribution is -0.115. The van der Waals surface area contributed by atoms with Gasteiger partial charge >= 0.3 is 0 Å². The lowest BCUT2D eigenvalue weighted by Crippen LogP contribution is -2.15. The van der Waals surface area contributed by atoms with Gasteiger partial charge in [-0.1, -0.05) is 12.1 Å². The molecule has 31 heavy (non-hydrogen) atoms. The zero-order chi connectivity index (χ0) is 22.4. The highest BCUT2D eigenvalue weighted by atomic mass is 79.9. The van der Waals surface area contributed by atoms with Gasteiger partial charge in [0.1, 0.15) is 0 Å². The van der Waals surface area contributed by atoms with Crippen molar-refractivity contribution in [3.63, 3.8) is 0 Å². The molecule has 0 spiro atoms. The number of halogens is 1. The summed E-state index contributed by atoms with van der Waals surface area (Å²) in [6, 6.07) is 13.5. The summed E-state index contributed by atoms with van der Waals surface area (Å²) in [5.74, 6) is 0.954. The van der Waals surface area contributed by atoms with Gasteiger partial charge in [-0.3, -0.25) is 9.59 Å². The predicted octanol–water partition coefficient (Wildman–Crippen LogP) is 4.50. The van der Waals surface area contributed by atoms with E-state index < -0.39 is 0 Å². The third-order valence-electron chi connectivity index (χ3n) is 4.32. The van der Waals surface area contributed by atoms with Crippen LogP contribution in [-0.4, -0.2) is 33.1 Å². The van der Waals surface area contributed by atoms with E-state index in [4.69, 9.17) is 18.6 Å². The van der Waals surface area contributed by atoms with Crippen molar-refractivity contribution in [2.24, 2.45) is 0 Å². The lowest BCUT2D eigenvalue weighted by atomic mass is 10.1. The first-order chi connectivity index (χ1) is 14.9. The van der Waals surface area contributed by atoms with E-state index in [2.05, 4.69) is 26.6 Å². The zero-order valence-electron chi connectivity index (χ0n) is 17.2. The Morgan fingerprint density at radius 2 is 1.52 bits per heavy atom. The van der Waals surface area contributed by atoms with Crippen LogP contribution in [0.15, 0.2) is 57.6 Å². The van der Waals surface area contributed by atoms with Crippen LogP contribution in [0, 0.1) is 0 Å². The highest BCUT2D eigenvalue weighted by Gasteiger charge is 2.15. The van der Waals surface area contributed by atoms with Gasteiger partial charge in [-0.25, -0.2) is 0 Å². The highest BCUT2D eigenvalue weighted by molar-refractivity contribution is 9.10. The Kier molecular flexibility index (Phi) is 7.19. The van der Waals surface area contributed by atoms with Gasteiger partial charge in [0.2, 0.25) is 11.7 Å². The molecule has 1 heterocycles. The summed E-state index contributed by atoms with van der Waals surface area (Å²) < 4.78 is 21.6. The van der Waals surface area contributed by atoms with E-state index in [-0.39, 0.29) is 24.0 Å². The lowest BCUT2D eigenvalue weighted by Gasteiger charge is -2.14. The van der Waals surface area contributed by atoms with Crippen molar-refractivity contribution < 1.29 is 28.2 Å². The van der Waals surface area contributed by atoms with Crippen molar-refractivity contribution in [2.75, 3.05) is 32.0 Å². The number of amides is 2. The van der Waals surface area contributed by atoms with Crippen LogP contribution < -0.4 is 24.8 Å². The Labute approximate surface area is 187 Å². The Hall–Kier alpha value is -3.46. The minimum absolute atomic E-state index is 0.149. The topological polar surface area (TPSA) is 99.0 Å². The number of rotatable bonds is 8. The molecular weight excluding hydrogens is 468 g/mol. The number of carbonyl (C=O) groups excluding carboxylic acids is 2. The molecule has 9 heteroatoms. The van der Waals surface area contributed by atoms with E-state index in [0.29, 0.717) is 33.3 Å². The first-order valence-electron chi connectivity index (χ1n) is 9.19. The number of hydrogen-bond acceptors (Lipinski definition) is 6. The van der Waals surface area contributed by atoms with Crippen molar-refractivity contribution >= 4 is 39.1 Å². The molecule has 0 unspecified atom stereocenters. The van der Waals surface area contributed by atoms with Crippen molar-refractivity contribution in [1.82, 2.24) is 0 Å². The summed E-state index contributed by atoms with van der Waals surface area (Å²) in [6.45, 7) is 0. The van der Waals surface area contributed by atoms with E-state index >= 15 is 0 Å². The standard InChI is InChI=1S/C22H21BrN2O6/c1-28-17-11-15(12-18(29-2)21(17)30-3)24-20(26)10-13-4-6-14(7-5-13)25-22(27)16-8-9-19(23)31-16/h4-9,11-12H,10H2,1-3H3,(H,24,26)(H,25,27). The molecule has 162 valence electrons. The Bertz CT molecular complexity index is 1050. The number of furan rings is 1. The second-order valence-electron chi connectivity index (χ2n) is 6.39. The molecule has 0 fully saturated rings. The number of hydrogen-bond donors (Lipinski definition) is 2. The number of benzene rings is 2. The Morgan fingerprint density at radius 3 is 2.03 bits per heavy atom. The fraction of sp³-hybridized carbons (Fsp3) is 0.182. The van der Waals surface area contributed by atoms with Crippen LogP contribution in [0.25, 0.3) is 0 Å². The van der Waals surface area contributed by atoms with Gasteiger partial charge in [0.05, 0.1) is 27.8 Å². The van der Waals surface area contributed by atoms with E-state index in [1.165, 1.54) is 21.3 Å². The van der Waals surface area contributed by atoms with Crippen molar-refractivity contribution in [2.45, 2.75) is 6.42 Å². The monoisotopic (exact) mass is 488 g/mol. The summed E-state index contributed by atoms with van der Waals surface area (Å²) >= 11 is 3.16. The van der Waals surface area contributed by atoms with Gasteiger partial charge in [0.15, 0.2) is 21.9 Å². The number of ether oxygens (including phenoxy) is 3. The molecule has 0 saturated heterocycles. The smallest absolute Gasteiger partial charge is 0.291 e. The normalized spacial score (nSPS) is 10.3. The Morgan fingerprint density at radius 1 is 0.871 bits per heavy atom. The van der Waals surface area contributed by atoms with E-state index in [1.807, 2.05) is 0 Å². The zero-order valence-corrected chi connectivity index (χ0v) is 18.7. The van der Waals surface area contributed by atoms with Crippen LogP contribution in [0.5, 0.6) is 17.2 Å². The molecule has 2 amide bonds. The van der Waals surface area contributed by atoms with E-state index in [1.54, 1.807) is 48.5 Å². The summed E-state index contributed by atoms with van der Waals surface area (Å²) in [7, 11) is 4.53. The van der Waals surface area contributed by atoms with Crippen molar-refractivity contribution in [3.05, 3.63) is 64.5 Å². The van der Waals surface area contributed by atoms with Crippen LogP contribution >= 0.6 is 15.9 Å². The SMILES string of the molecule is COc1cc(NC(=O)Cc2ccc(NC(=O)c3ccc(Br)o3)cc2)cc(OC)c1OC. The first kappa shape index (κ1) is 22.2. The summed E-state index contributed by atoms with van der Waals surface area (Å²) in [5.41, 5.74) is 1.89. The second kappa shape index (κ2) is 10.0. The van der Waals surface area contributed by atoms with Crippen LogP contribution in [-0.2, 0) is 11.2 Å². The van der Waals surface area contributed by atoms with E-state index in [9.17, 15) is 9.59 Å². The molecule has 2 N–H and O–H groups in total. The molecule has 3 aromatic rings. The molecule has 0 atom stereocenters. The second-order valence-corrected chi connectivity index (χ2v) is 7.18. The minimum atomic E-state index is -0.362. The molecule has 3 rings (SSSR count). The molecule has 0 aliphatic rings. The molecule has 8 nitrogen and oxygen atoms in total. The fourth-order valence-corrected chi connectivity index (χ4v) is 3.19. The largest absolute Gasteiger partial charge is 0.493 e. The highest BCUT2D eigenvalue weighted by Crippen LogP contribution is 2.39. The third kappa shape index (κ3) is 5.58. The van der Waals surface area contributed by atoms with Gasteiger partial charge in [0, 0.05) is 23.5 Å². The fourth-order valence-electron chi connectivity index (χ4n) is 2.88. The minimum Gasteiger partial charge on any atom is -0.493 e. The molecule has 0 bridgehead atoms. The molecule has 2 aromatic carbocycles. The van der Waals surface area contributed by atoms with Gasteiger partial charge in [-0.05, 0) is 45.8 Å². The maximum atomic E-state index is 12.5. The third-order valence-corrected chi connectivity index (χ3v) is 4.75. The molecule has 0 radical (unpaired) electrons. The number of carbonyl (C=O) groups is 2. The molecule has 0 aliphatic carbocycles. The maximum Gasteiger partial charge on any atom is 0.291 e. The number of anilines is 2. The average Bonchev–Trinajstić information content (AvgIpc) is 3.20. The van der Waals surface area contributed by atoms with Gasteiger partial charge in [0.25, 0.3) is 5.91 Å². The number of methoxy groups -OCH3 is 3. The maximum absolute atomic E-state index is 12.5. The molecular formula is C22H21BrN2O6. The summed E-state index contributed by atoms with van der Waals surface area (Å²) in [4.78, 5) is 24.6.